The number of hydrogen-bond donors (Lipinski definition) is 2. The molecular weight excluding hydrogens is 216 g/mol. The SMILES string of the molecule is CC(C)n1ncnc1CC(CCN(C)C)NN. The third-order valence-electron chi connectivity index (χ3n) is 2.73. The number of hydrazine groups is 1. The molecule has 0 radical (unpaired) electrons. The molecule has 1 atom stereocenters. The molecule has 0 amide bonds. The van der Waals surface area contributed by atoms with E-state index >= 15 is 0 Å². The average Bonchev–Trinajstić information content (AvgIpc) is 2.71. The predicted octanol–water partition coefficient (Wildman–Crippen LogP) is 0.185. The van der Waals surface area contributed by atoms with Gasteiger partial charge in [-0.25, -0.2) is 9.67 Å². The lowest BCUT2D eigenvalue weighted by atomic mass is 10.1. The van der Waals surface area contributed by atoms with Crippen LogP contribution in [0.5, 0.6) is 0 Å². The third-order valence-corrected chi connectivity index (χ3v) is 2.73. The molecule has 0 aromatic carbocycles. The van der Waals surface area contributed by atoms with Crippen LogP contribution in [0, 0.1) is 0 Å². The second-order valence-corrected chi connectivity index (χ2v) is 4.87. The fourth-order valence-electron chi connectivity index (χ4n) is 1.73. The minimum absolute atomic E-state index is 0.235. The van der Waals surface area contributed by atoms with E-state index in [0.29, 0.717) is 6.04 Å². The summed E-state index contributed by atoms with van der Waals surface area (Å²) in [5, 5.41) is 4.22. The van der Waals surface area contributed by atoms with Gasteiger partial charge in [0.1, 0.15) is 12.2 Å². The molecule has 1 aromatic heterocycles. The van der Waals surface area contributed by atoms with Crippen LogP contribution in [-0.4, -0.2) is 46.3 Å². The van der Waals surface area contributed by atoms with Gasteiger partial charge in [-0.3, -0.25) is 11.3 Å². The maximum absolute atomic E-state index is 5.58. The summed E-state index contributed by atoms with van der Waals surface area (Å²) in [5.74, 6) is 6.56. The number of aromatic nitrogens is 3. The lowest BCUT2D eigenvalue weighted by molar-refractivity contribution is 0.352. The van der Waals surface area contributed by atoms with Gasteiger partial charge in [0.15, 0.2) is 0 Å². The summed E-state index contributed by atoms with van der Waals surface area (Å²) in [6, 6.07) is 0.568. The first kappa shape index (κ1) is 14.1. The molecule has 0 bridgehead atoms. The molecule has 1 heterocycles. The number of nitrogens with two attached hydrogens (primary N) is 1. The second-order valence-electron chi connectivity index (χ2n) is 4.87. The zero-order valence-electron chi connectivity index (χ0n) is 11.2. The highest BCUT2D eigenvalue weighted by Gasteiger charge is 2.14. The van der Waals surface area contributed by atoms with Crippen molar-refractivity contribution in [2.45, 2.75) is 38.8 Å². The van der Waals surface area contributed by atoms with Gasteiger partial charge in [0, 0.05) is 18.5 Å². The Morgan fingerprint density at radius 2 is 2.18 bits per heavy atom. The van der Waals surface area contributed by atoms with Crippen molar-refractivity contribution in [2.24, 2.45) is 5.84 Å². The molecule has 6 nitrogen and oxygen atoms in total. The molecule has 6 heteroatoms. The van der Waals surface area contributed by atoms with Crippen molar-refractivity contribution >= 4 is 0 Å². The van der Waals surface area contributed by atoms with E-state index in [1.54, 1.807) is 6.33 Å². The van der Waals surface area contributed by atoms with E-state index in [2.05, 4.69) is 48.4 Å². The highest BCUT2D eigenvalue weighted by Crippen LogP contribution is 2.08. The van der Waals surface area contributed by atoms with Crippen LogP contribution < -0.4 is 11.3 Å². The van der Waals surface area contributed by atoms with Crippen molar-refractivity contribution in [1.29, 1.82) is 0 Å². The fourth-order valence-corrected chi connectivity index (χ4v) is 1.73. The molecule has 0 saturated carbocycles. The van der Waals surface area contributed by atoms with E-state index in [4.69, 9.17) is 5.84 Å². The molecule has 0 aliphatic rings. The van der Waals surface area contributed by atoms with Crippen LogP contribution >= 0.6 is 0 Å². The lowest BCUT2D eigenvalue weighted by Crippen LogP contribution is -2.39. The molecule has 0 fully saturated rings. The Kier molecular flexibility index (Phi) is 5.54. The summed E-state index contributed by atoms with van der Waals surface area (Å²) in [7, 11) is 4.12. The lowest BCUT2D eigenvalue weighted by Gasteiger charge is -2.19. The summed E-state index contributed by atoms with van der Waals surface area (Å²) in [5.41, 5.74) is 2.85. The standard InChI is InChI=1S/C11H24N6/c1-9(2)17-11(13-8-14-17)7-10(15-12)5-6-16(3)4/h8-10,15H,5-7,12H2,1-4H3. The molecule has 0 spiro atoms. The highest BCUT2D eigenvalue weighted by atomic mass is 15.3. The van der Waals surface area contributed by atoms with Crippen molar-refractivity contribution in [2.75, 3.05) is 20.6 Å². The zero-order chi connectivity index (χ0) is 12.8. The van der Waals surface area contributed by atoms with Gasteiger partial charge in [0.2, 0.25) is 0 Å². The summed E-state index contributed by atoms with van der Waals surface area (Å²) in [4.78, 5) is 6.45. The van der Waals surface area contributed by atoms with Gasteiger partial charge in [-0.05, 0) is 40.9 Å². The van der Waals surface area contributed by atoms with Gasteiger partial charge in [-0.1, -0.05) is 0 Å². The Labute approximate surface area is 103 Å². The van der Waals surface area contributed by atoms with Gasteiger partial charge >= 0.3 is 0 Å². The predicted molar refractivity (Wildman–Crippen MR) is 68.4 cm³/mol. The molecular formula is C11H24N6. The Hall–Kier alpha value is -0.980. The Morgan fingerprint density at radius 1 is 1.47 bits per heavy atom. The summed E-state index contributed by atoms with van der Waals surface area (Å²) < 4.78 is 1.94. The van der Waals surface area contributed by atoms with E-state index in [-0.39, 0.29) is 6.04 Å². The van der Waals surface area contributed by atoms with Crippen molar-refractivity contribution in [1.82, 2.24) is 25.1 Å². The average molecular weight is 240 g/mol. The third kappa shape index (κ3) is 4.41. The van der Waals surface area contributed by atoms with Crippen molar-refractivity contribution in [3.05, 3.63) is 12.2 Å². The molecule has 1 aromatic rings. The van der Waals surface area contributed by atoms with Crippen molar-refractivity contribution in [3.8, 4) is 0 Å². The largest absolute Gasteiger partial charge is 0.309 e. The number of rotatable bonds is 7. The normalized spacial score (nSPS) is 13.6. The van der Waals surface area contributed by atoms with Crippen LogP contribution in [0.25, 0.3) is 0 Å². The Morgan fingerprint density at radius 3 is 2.71 bits per heavy atom. The van der Waals surface area contributed by atoms with E-state index in [0.717, 1.165) is 25.2 Å². The minimum atomic E-state index is 0.235. The van der Waals surface area contributed by atoms with Crippen LogP contribution in [0.2, 0.25) is 0 Å². The first-order chi connectivity index (χ1) is 8.04. The summed E-state index contributed by atoms with van der Waals surface area (Å²) >= 11 is 0. The molecule has 17 heavy (non-hydrogen) atoms. The van der Waals surface area contributed by atoms with Crippen LogP contribution in [0.3, 0.4) is 0 Å². The van der Waals surface area contributed by atoms with E-state index in [9.17, 15) is 0 Å². The first-order valence-corrected chi connectivity index (χ1v) is 6.03. The van der Waals surface area contributed by atoms with Gasteiger partial charge in [0.05, 0.1) is 0 Å². The van der Waals surface area contributed by atoms with E-state index in [1.165, 1.54) is 0 Å². The Balaban J connectivity index is 2.57. The van der Waals surface area contributed by atoms with Crippen LogP contribution in [0.15, 0.2) is 6.33 Å². The molecule has 3 N–H and O–H groups in total. The quantitative estimate of drug-likeness (QED) is 0.525. The maximum atomic E-state index is 5.58. The molecule has 1 unspecified atom stereocenters. The molecule has 0 aliphatic carbocycles. The summed E-state index contributed by atoms with van der Waals surface area (Å²) in [6.45, 7) is 5.20. The van der Waals surface area contributed by atoms with E-state index in [1.807, 2.05) is 4.68 Å². The zero-order valence-corrected chi connectivity index (χ0v) is 11.2. The van der Waals surface area contributed by atoms with Crippen LogP contribution in [0.4, 0.5) is 0 Å². The van der Waals surface area contributed by atoms with Crippen LogP contribution in [-0.2, 0) is 6.42 Å². The fraction of sp³-hybridized carbons (Fsp3) is 0.818. The van der Waals surface area contributed by atoms with Gasteiger partial charge < -0.3 is 4.90 Å². The monoisotopic (exact) mass is 240 g/mol. The van der Waals surface area contributed by atoms with Crippen molar-refractivity contribution in [3.63, 3.8) is 0 Å². The van der Waals surface area contributed by atoms with Gasteiger partial charge in [-0.2, -0.15) is 5.10 Å². The minimum Gasteiger partial charge on any atom is -0.309 e. The molecule has 0 aliphatic heterocycles. The summed E-state index contributed by atoms with van der Waals surface area (Å²) in [6.07, 6.45) is 3.41. The Bertz CT molecular complexity index is 320. The topological polar surface area (TPSA) is 72.0 Å². The molecule has 0 saturated heterocycles. The van der Waals surface area contributed by atoms with E-state index < -0.39 is 0 Å². The number of nitrogens with one attached hydrogen (secondary N) is 1. The van der Waals surface area contributed by atoms with Gasteiger partial charge in [-0.15, -0.1) is 0 Å². The second kappa shape index (κ2) is 6.68. The molecule has 98 valence electrons. The molecule has 1 rings (SSSR count). The van der Waals surface area contributed by atoms with Crippen molar-refractivity contribution < 1.29 is 0 Å². The van der Waals surface area contributed by atoms with Gasteiger partial charge in [0.25, 0.3) is 0 Å². The smallest absolute Gasteiger partial charge is 0.138 e. The first-order valence-electron chi connectivity index (χ1n) is 6.03. The highest BCUT2D eigenvalue weighted by molar-refractivity contribution is 4.91. The number of nitrogens with zero attached hydrogens (tertiary/aromatic N) is 4. The number of hydrogen-bond acceptors (Lipinski definition) is 5. The van der Waals surface area contributed by atoms with Crippen LogP contribution in [0.1, 0.15) is 32.1 Å². The maximum Gasteiger partial charge on any atom is 0.138 e.